The molecule has 0 spiro atoms. The van der Waals surface area contributed by atoms with Gasteiger partial charge >= 0.3 is 12.1 Å². The first-order chi connectivity index (χ1) is 7.90. The number of rotatable bonds is 7. The highest BCUT2D eigenvalue weighted by atomic mass is 16.5. The molecule has 5 heteroatoms. The lowest BCUT2D eigenvalue weighted by Gasteiger charge is -2.32. The summed E-state index contributed by atoms with van der Waals surface area (Å²) in [6.07, 6.45) is 2.22. The Kier molecular flexibility index (Phi) is 6.02. The van der Waals surface area contributed by atoms with Crippen LogP contribution in [0.1, 0.15) is 20.3 Å². The molecule has 0 aromatic rings. The van der Waals surface area contributed by atoms with Crippen LogP contribution in [0.3, 0.4) is 0 Å². The summed E-state index contributed by atoms with van der Waals surface area (Å²) in [5, 5.41) is 11.6. The lowest BCUT2D eigenvalue weighted by molar-refractivity contribution is -0.146. The molecule has 2 N–H and O–H groups in total. The van der Waals surface area contributed by atoms with Crippen LogP contribution >= 0.6 is 0 Å². The number of aliphatic carboxylic acids is 1. The van der Waals surface area contributed by atoms with E-state index in [1.165, 1.54) is 12.2 Å². The van der Waals surface area contributed by atoms with Gasteiger partial charge < -0.3 is 15.2 Å². The van der Waals surface area contributed by atoms with Crippen molar-refractivity contribution in [2.24, 2.45) is 5.92 Å². The van der Waals surface area contributed by atoms with Crippen LogP contribution in [-0.2, 0) is 9.53 Å². The van der Waals surface area contributed by atoms with Crippen LogP contribution in [0, 0.1) is 5.92 Å². The second-order valence-electron chi connectivity index (χ2n) is 3.94. The molecule has 0 heterocycles. The molecule has 5 nitrogen and oxygen atoms in total. The number of carboxylic acid groups (broad SMARTS) is 1. The van der Waals surface area contributed by atoms with E-state index in [4.69, 9.17) is 4.74 Å². The number of carbonyl (C=O) groups excluding carboxylic acids is 1. The maximum Gasteiger partial charge on any atom is 0.408 e. The van der Waals surface area contributed by atoms with E-state index >= 15 is 0 Å². The Bertz CT molecular complexity index is 312. The van der Waals surface area contributed by atoms with Gasteiger partial charge in [0.05, 0.1) is 0 Å². The largest absolute Gasteiger partial charge is 0.479 e. The number of alkyl carbamates (subject to hydrolysis) is 1. The van der Waals surface area contributed by atoms with E-state index in [9.17, 15) is 14.7 Å². The summed E-state index contributed by atoms with van der Waals surface area (Å²) in [6.45, 7) is 10.4. The average Bonchev–Trinajstić information content (AvgIpc) is 2.24. The van der Waals surface area contributed by atoms with E-state index in [1.807, 2.05) is 0 Å². The van der Waals surface area contributed by atoms with Crippen LogP contribution in [0.2, 0.25) is 0 Å². The normalized spacial score (nSPS) is 13.6. The van der Waals surface area contributed by atoms with Crippen LogP contribution < -0.4 is 5.32 Å². The van der Waals surface area contributed by atoms with Crippen molar-refractivity contribution in [2.75, 3.05) is 6.61 Å². The Morgan fingerprint density at radius 2 is 2.00 bits per heavy atom. The highest BCUT2D eigenvalue weighted by molar-refractivity contribution is 5.85. The minimum absolute atomic E-state index is 0.0354. The zero-order valence-corrected chi connectivity index (χ0v) is 10.2. The summed E-state index contributed by atoms with van der Waals surface area (Å²) in [4.78, 5) is 22.7. The molecule has 0 bridgehead atoms. The molecule has 17 heavy (non-hydrogen) atoms. The van der Waals surface area contributed by atoms with Gasteiger partial charge in [-0.3, -0.25) is 0 Å². The molecule has 0 fully saturated rings. The third-order valence-electron chi connectivity index (χ3n) is 2.49. The first kappa shape index (κ1) is 15.2. The van der Waals surface area contributed by atoms with Crippen LogP contribution in [0.4, 0.5) is 4.79 Å². The summed E-state index contributed by atoms with van der Waals surface area (Å²) >= 11 is 0. The Morgan fingerprint density at radius 3 is 2.35 bits per heavy atom. The lowest BCUT2D eigenvalue weighted by atomic mass is 9.83. The highest BCUT2D eigenvalue weighted by Crippen LogP contribution is 2.22. The van der Waals surface area contributed by atoms with E-state index < -0.39 is 17.6 Å². The number of hydrogen-bond donors (Lipinski definition) is 2. The topological polar surface area (TPSA) is 75.6 Å². The minimum Gasteiger partial charge on any atom is -0.479 e. The number of amides is 1. The van der Waals surface area contributed by atoms with Crippen molar-refractivity contribution in [3.63, 3.8) is 0 Å². The maximum absolute atomic E-state index is 11.4. The lowest BCUT2D eigenvalue weighted by Crippen LogP contribution is -2.58. The first-order valence-corrected chi connectivity index (χ1v) is 5.30. The van der Waals surface area contributed by atoms with Gasteiger partial charge in [-0.1, -0.05) is 32.6 Å². The molecule has 0 aromatic heterocycles. The summed E-state index contributed by atoms with van der Waals surface area (Å²) in [5.41, 5.74) is -1.39. The molecule has 1 atom stereocenters. The Morgan fingerprint density at radius 1 is 1.41 bits per heavy atom. The van der Waals surface area contributed by atoms with E-state index in [0.717, 1.165) is 0 Å². The molecular weight excluding hydrogens is 222 g/mol. The summed E-state index contributed by atoms with van der Waals surface area (Å²) < 4.78 is 4.73. The van der Waals surface area contributed by atoms with Crippen molar-refractivity contribution in [2.45, 2.75) is 25.8 Å². The summed E-state index contributed by atoms with van der Waals surface area (Å²) in [7, 11) is 0. The second-order valence-corrected chi connectivity index (χ2v) is 3.94. The summed E-state index contributed by atoms with van der Waals surface area (Å²) in [6, 6.07) is 0. The number of hydrogen-bond acceptors (Lipinski definition) is 3. The number of nitrogens with one attached hydrogen (secondary N) is 1. The van der Waals surface area contributed by atoms with Crippen LogP contribution in [0.5, 0.6) is 0 Å². The van der Waals surface area contributed by atoms with Crippen molar-refractivity contribution < 1.29 is 19.4 Å². The maximum atomic E-state index is 11.4. The monoisotopic (exact) mass is 241 g/mol. The quantitative estimate of drug-likeness (QED) is 0.668. The van der Waals surface area contributed by atoms with E-state index in [2.05, 4.69) is 18.5 Å². The average molecular weight is 241 g/mol. The predicted octanol–water partition coefficient (Wildman–Crippen LogP) is 1.95. The number of carboxylic acids is 1. The fourth-order valence-electron chi connectivity index (χ4n) is 1.40. The number of carbonyl (C=O) groups is 2. The zero-order valence-electron chi connectivity index (χ0n) is 10.2. The third kappa shape index (κ3) is 3.94. The molecule has 0 unspecified atom stereocenters. The van der Waals surface area contributed by atoms with Gasteiger partial charge in [-0.15, -0.1) is 6.58 Å². The fourth-order valence-corrected chi connectivity index (χ4v) is 1.40. The molecule has 0 aromatic carbocycles. The van der Waals surface area contributed by atoms with Crippen molar-refractivity contribution in [1.29, 1.82) is 0 Å². The standard InChI is InChI=1S/C12H19NO4/c1-5-7-12(9(3)4,10(14)15)13-11(16)17-8-6-2/h5-6,9H,1-2,7-8H2,3-4H3,(H,13,16)(H,14,15)/t12-/m0/s1. The minimum atomic E-state index is -1.39. The van der Waals surface area contributed by atoms with Crippen molar-refractivity contribution in [3.8, 4) is 0 Å². The smallest absolute Gasteiger partial charge is 0.408 e. The van der Waals surface area contributed by atoms with Crippen molar-refractivity contribution in [3.05, 3.63) is 25.3 Å². The van der Waals surface area contributed by atoms with Crippen LogP contribution in [0.15, 0.2) is 25.3 Å². The molecule has 0 rings (SSSR count). The van der Waals surface area contributed by atoms with Gasteiger partial charge in [0.1, 0.15) is 12.1 Å². The SMILES string of the molecule is C=CCOC(=O)N[C@](CC=C)(C(=O)O)C(C)C. The Labute approximate surface area is 101 Å². The molecule has 96 valence electrons. The predicted molar refractivity (Wildman–Crippen MR) is 64.7 cm³/mol. The first-order valence-electron chi connectivity index (χ1n) is 5.30. The van der Waals surface area contributed by atoms with Gasteiger partial charge in [-0.25, -0.2) is 9.59 Å². The molecule has 0 aliphatic carbocycles. The van der Waals surface area contributed by atoms with E-state index in [-0.39, 0.29) is 18.9 Å². The van der Waals surface area contributed by atoms with Crippen LogP contribution in [-0.4, -0.2) is 29.3 Å². The summed E-state index contributed by atoms with van der Waals surface area (Å²) in [5.74, 6) is -1.41. The van der Waals surface area contributed by atoms with Gasteiger partial charge in [0.15, 0.2) is 0 Å². The van der Waals surface area contributed by atoms with Crippen molar-refractivity contribution >= 4 is 12.1 Å². The van der Waals surface area contributed by atoms with Gasteiger partial charge in [-0.2, -0.15) is 0 Å². The third-order valence-corrected chi connectivity index (χ3v) is 2.49. The van der Waals surface area contributed by atoms with Gasteiger partial charge in [0, 0.05) is 0 Å². The molecule has 0 aliphatic heterocycles. The number of ether oxygens (including phenoxy) is 1. The van der Waals surface area contributed by atoms with Gasteiger partial charge in [0.2, 0.25) is 0 Å². The second kappa shape index (κ2) is 6.73. The van der Waals surface area contributed by atoms with Gasteiger partial charge in [0.25, 0.3) is 0 Å². The van der Waals surface area contributed by atoms with E-state index in [1.54, 1.807) is 13.8 Å². The molecule has 0 saturated carbocycles. The highest BCUT2D eigenvalue weighted by Gasteiger charge is 2.42. The fraction of sp³-hybridized carbons (Fsp3) is 0.500. The van der Waals surface area contributed by atoms with Crippen LogP contribution in [0.25, 0.3) is 0 Å². The molecule has 0 saturated heterocycles. The Hall–Kier alpha value is -1.78. The molecule has 0 radical (unpaired) electrons. The Balaban J connectivity index is 4.90. The van der Waals surface area contributed by atoms with Gasteiger partial charge in [-0.05, 0) is 12.3 Å². The van der Waals surface area contributed by atoms with Crippen molar-refractivity contribution in [1.82, 2.24) is 5.32 Å². The molecule has 1 amide bonds. The molecular formula is C12H19NO4. The van der Waals surface area contributed by atoms with E-state index in [0.29, 0.717) is 0 Å². The zero-order chi connectivity index (χ0) is 13.5. The molecule has 0 aliphatic rings.